The van der Waals surface area contributed by atoms with E-state index < -0.39 is 0 Å². The smallest absolute Gasteiger partial charge is 0.291 e. The molecule has 2 amide bonds. The average Bonchev–Trinajstić information content (AvgIpc) is 3.49. The molecular formula is C22H23N3O3S. The van der Waals surface area contributed by atoms with E-state index in [1.807, 2.05) is 0 Å². The molecule has 3 aromatic rings. The average molecular weight is 410 g/mol. The molecule has 29 heavy (non-hydrogen) atoms. The molecule has 0 unspecified atom stereocenters. The molecule has 1 aliphatic rings. The van der Waals surface area contributed by atoms with Gasteiger partial charge in [-0.15, -0.1) is 11.3 Å². The van der Waals surface area contributed by atoms with Crippen LogP contribution in [0.5, 0.6) is 0 Å². The van der Waals surface area contributed by atoms with Crippen molar-refractivity contribution in [2.75, 3.05) is 18.4 Å². The minimum atomic E-state index is -0.335. The van der Waals surface area contributed by atoms with Crippen LogP contribution in [0.2, 0.25) is 0 Å². The molecule has 2 aromatic heterocycles. The van der Waals surface area contributed by atoms with Crippen molar-refractivity contribution in [3.05, 3.63) is 76.6 Å². The third-order valence-corrected chi connectivity index (χ3v) is 5.89. The Morgan fingerprint density at radius 1 is 0.966 bits per heavy atom. The fourth-order valence-electron chi connectivity index (χ4n) is 3.34. The van der Waals surface area contributed by atoms with Crippen molar-refractivity contribution in [3.63, 3.8) is 0 Å². The summed E-state index contributed by atoms with van der Waals surface area (Å²) in [5.74, 6) is -0.259. The number of nitrogens with zero attached hydrogens (tertiary/aromatic N) is 1. The number of rotatable bonds is 7. The molecule has 0 aliphatic carbocycles. The van der Waals surface area contributed by atoms with E-state index in [4.69, 9.17) is 4.42 Å². The fourth-order valence-corrected chi connectivity index (χ4v) is 4.16. The van der Waals surface area contributed by atoms with E-state index in [0.29, 0.717) is 16.4 Å². The predicted molar refractivity (Wildman–Crippen MR) is 113 cm³/mol. The molecule has 7 heteroatoms. The van der Waals surface area contributed by atoms with E-state index >= 15 is 0 Å². The van der Waals surface area contributed by atoms with Gasteiger partial charge in [-0.1, -0.05) is 24.3 Å². The van der Waals surface area contributed by atoms with Crippen LogP contribution in [-0.2, 0) is 13.1 Å². The van der Waals surface area contributed by atoms with Crippen LogP contribution in [0.15, 0.2) is 59.2 Å². The normalized spacial score (nSPS) is 14.1. The first-order chi connectivity index (χ1) is 14.2. The minimum absolute atomic E-state index is 0.158. The van der Waals surface area contributed by atoms with Gasteiger partial charge in [0, 0.05) is 13.1 Å². The van der Waals surface area contributed by atoms with Crippen LogP contribution in [0.1, 0.15) is 44.2 Å². The Labute approximate surface area is 173 Å². The highest BCUT2D eigenvalue weighted by atomic mass is 32.1. The van der Waals surface area contributed by atoms with E-state index in [-0.39, 0.29) is 17.6 Å². The second kappa shape index (κ2) is 9.07. The summed E-state index contributed by atoms with van der Waals surface area (Å²) in [6.07, 6.45) is 4.03. The first-order valence-corrected chi connectivity index (χ1v) is 10.5. The molecule has 2 N–H and O–H groups in total. The molecule has 0 atom stereocenters. The molecule has 150 valence electrons. The topological polar surface area (TPSA) is 74.6 Å². The first kappa shape index (κ1) is 19.4. The number of amides is 2. The summed E-state index contributed by atoms with van der Waals surface area (Å²) in [5, 5.41) is 6.26. The van der Waals surface area contributed by atoms with Crippen LogP contribution in [0.25, 0.3) is 0 Å². The van der Waals surface area contributed by atoms with E-state index in [9.17, 15) is 9.59 Å². The van der Waals surface area contributed by atoms with Crippen LogP contribution in [0.3, 0.4) is 0 Å². The Hall–Kier alpha value is -2.90. The Kier molecular flexibility index (Phi) is 6.07. The maximum atomic E-state index is 12.4. The summed E-state index contributed by atoms with van der Waals surface area (Å²) in [6.45, 7) is 3.83. The Morgan fingerprint density at radius 2 is 1.72 bits per heavy atom. The lowest BCUT2D eigenvalue weighted by molar-refractivity contribution is 0.0953. The lowest BCUT2D eigenvalue weighted by Crippen LogP contribution is -2.22. The summed E-state index contributed by atoms with van der Waals surface area (Å²) >= 11 is 1.23. The van der Waals surface area contributed by atoms with Crippen LogP contribution < -0.4 is 10.6 Å². The zero-order valence-corrected chi connectivity index (χ0v) is 16.8. The maximum Gasteiger partial charge on any atom is 0.291 e. The molecule has 0 bridgehead atoms. The first-order valence-electron chi connectivity index (χ1n) is 9.70. The van der Waals surface area contributed by atoms with Gasteiger partial charge >= 0.3 is 0 Å². The molecule has 1 aliphatic heterocycles. The third-order valence-electron chi connectivity index (χ3n) is 4.89. The highest BCUT2D eigenvalue weighted by Crippen LogP contribution is 2.23. The van der Waals surface area contributed by atoms with Gasteiger partial charge in [-0.3, -0.25) is 14.5 Å². The summed E-state index contributed by atoms with van der Waals surface area (Å²) < 4.78 is 5.07. The van der Waals surface area contributed by atoms with Gasteiger partial charge in [0.25, 0.3) is 11.8 Å². The SMILES string of the molecule is O=C(Nc1ccc(C(=O)NCc2ccc(CN3CCCC3)cc2)s1)c1ccco1. The van der Waals surface area contributed by atoms with Gasteiger partial charge in [0.05, 0.1) is 16.1 Å². The van der Waals surface area contributed by atoms with Crippen molar-refractivity contribution in [3.8, 4) is 0 Å². The number of carbonyl (C=O) groups excluding carboxylic acids is 2. The van der Waals surface area contributed by atoms with Gasteiger partial charge in [0.15, 0.2) is 5.76 Å². The Bertz CT molecular complexity index is 958. The van der Waals surface area contributed by atoms with Gasteiger partial charge in [0.1, 0.15) is 0 Å². The molecule has 0 radical (unpaired) electrons. The van der Waals surface area contributed by atoms with Crippen molar-refractivity contribution in [2.24, 2.45) is 0 Å². The standard InChI is InChI=1S/C22H23N3O3S/c26-21(18-4-3-13-28-18)24-20-10-9-19(29-20)22(27)23-14-16-5-7-17(8-6-16)15-25-11-1-2-12-25/h3-10,13H,1-2,11-12,14-15H2,(H,23,27)(H,24,26). The predicted octanol–water partition coefficient (Wildman–Crippen LogP) is 4.12. The highest BCUT2D eigenvalue weighted by molar-refractivity contribution is 7.18. The van der Waals surface area contributed by atoms with E-state index in [1.165, 1.54) is 49.1 Å². The molecule has 6 nitrogen and oxygen atoms in total. The number of hydrogen-bond donors (Lipinski definition) is 2. The maximum absolute atomic E-state index is 12.4. The zero-order chi connectivity index (χ0) is 20.1. The minimum Gasteiger partial charge on any atom is -0.459 e. The number of nitrogens with one attached hydrogen (secondary N) is 2. The lowest BCUT2D eigenvalue weighted by atomic mass is 10.1. The number of benzene rings is 1. The quantitative estimate of drug-likeness (QED) is 0.616. The number of anilines is 1. The number of thiophene rings is 1. The van der Waals surface area contributed by atoms with Crippen molar-refractivity contribution in [1.82, 2.24) is 10.2 Å². The monoisotopic (exact) mass is 409 g/mol. The molecule has 1 aromatic carbocycles. The van der Waals surface area contributed by atoms with Crippen molar-refractivity contribution in [2.45, 2.75) is 25.9 Å². The Morgan fingerprint density at radius 3 is 2.45 bits per heavy atom. The third kappa shape index (κ3) is 5.13. The Balaban J connectivity index is 1.27. The molecule has 1 fully saturated rings. The van der Waals surface area contributed by atoms with E-state index in [0.717, 1.165) is 12.1 Å². The van der Waals surface area contributed by atoms with Crippen molar-refractivity contribution < 1.29 is 14.0 Å². The van der Waals surface area contributed by atoms with Crippen molar-refractivity contribution >= 4 is 28.2 Å². The number of furan rings is 1. The number of hydrogen-bond acceptors (Lipinski definition) is 5. The highest BCUT2D eigenvalue weighted by Gasteiger charge is 2.14. The summed E-state index contributed by atoms with van der Waals surface area (Å²) in [5.41, 5.74) is 2.36. The van der Waals surface area contributed by atoms with Crippen LogP contribution in [-0.4, -0.2) is 29.8 Å². The second-order valence-corrected chi connectivity index (χ2v) is 8.16. The molecule has 4 rings (SSSR count). The molecule has 1 saturated heterocycles. The summed E-state index contributed by atoms with van der Waals surface area (Å²) in [4.78, 5) is 27.4. The summed E-state index contributed by atoms with van der Waals surface area (Å²) in [7, 11) is 0. The zero-order valence-electron chi connectivity index (χ0n) is 16.0. The van der Waals surface area contributed by atoms with Gasteiger partial charge in [-0.05, 0) is 61.3 Å². The van der Waals surface area contributed by atoms with Crippen molar-refractivity contribution in [1.29, 1.82) is 0 Å². The van der Waals surface area contributed by atoms with E-state index in [1.54, 1.807) is 24.3 Å². The molecular weight excluding hydrogens is 386 g/mol. The fraction of sp³-hybridized carbons (Fsp3) is 0.273. The van der Waals surface area contributed by atoms with E-state index in [2.05, 4.69) is 39.8 Å². The van der Waals surface area contributed by atoms with Gasteiger partial charge in [-0.25, -0.2) is 0 Å². The van der Waals surface area contributed by atoms with Gasteiger partial charge < -0.3 is 15.1 Å². The summed E-state index contributed by atoms with van der Waals surface area (Å²) in [6, 6.07) is 15.1. The molecule has 0 saturated carbocycles. The molecule has 3 heterocycles. The lowest BCUT2D eigenvalue weighted by Gasteiger charge is -2.14. The van der Waals surface area contributed by atoms with Crippen LogP contribution in [0.4, 0.5) is 5.00 Å². The molecule has 0 spiro atoms. The second-order valence-electron chi connectivity index (χ2n) is 7.08. The van der Waals surface area contributed by atoms with Crippen LogP contribution >= 0.6 is 11.3 Å². The largest absolute Gasteiger partial charge is 0.459 e. The number of likely N-dealkylation sites (tertiary alicyclic amines) is 1. The number of carbonyl (C=O) groups is 2. The van der Waals surface area contributed by atoms with Gasteiger partial charge in [0.2, 0.25) is 0 Å². The van der Waals surface area contributed by atoms with Crippen LogP contribution in [0, 0.1) is 0 Å². The van der Waals surface area contributed by atoms with Gasteiger partial charge in [-0.2, -0.15) is 0 Å².